The highest BCUT2D eigenvalue weighted by Gasteiger charge is 2.12. The molecule has 0 bridgehead atoms. The minimum Gasteiger partial charge on any atom is -0.461 e. The predicted molar refractivity (Wildman–Crippen MR) is 55.8 cm³/mol. The number of carbonyl (C=O) groups excluding carboxylic acids is 1. The van der Waals surface area contributed by atoms with Gasteiger partial charge in [-0.15, -0.1) is 0 Å². The third-order valence-corrected chi connectivity index (χ3v) is 2.22. The van der Waals surface area contributed by atoms with Crippen LogP contribution in [0.2, 0.25) is 0 Å². The van der Waals surface area contributed by atoms with E-state index in [-0.39, 0.29) is 11.5 Å². The molecular formula is C11H11FN2O2. The second-order valence-corrected chi connectivity index (χ2v) is 3.42. The van der Waals surface area contributed by atoms with Crippen LogP contribution in [0.4, 0.5) is 4.39 Å². The summed E-state index contributed by atoms with van der Waals surface area (Å²) >= 11 is 0. The molecule has 0 atom stereocenters. The van der Waals surface area contributed by atoms with Crippen LogP contribution >= 0.6 is 0 Å². The van der Waals surface area contributed by atoms with Gasteiger partial charge in [0.15, 0.2) is 5.69 Å². The number of ether oxygens (including phenoxy) is 1. The Kier molecular flexibility index (Phi) is 2.60. The molecule has 0 amide bonds. The van der Waals surface area contributed by atoms with Gasteiger partial charge in [0.05, 0.1) is 6.61 Å². The molecule has 2 rings (SSSR count). The zero-order chi connectivity index (χ0) is 11.7. The van der Waals surface area contributed by atoms with E-state index in [9.17, 15) is 9.18 Å². The normalized spacial score (nSPS) is 10.7. The molecule has 5 heteroatoms. The van der Waals surface area contributed by atoms with Gasteiger partial charge in [-0.05, 0) is 25.5 Å². The van der Waals surface area contributed by atoms with Crippen molar-refractivity contribution in [3.8, 4) is 0 Å². The summed E-state index contributed by atoms with van der Waals surface area (Å²) in [6, 6.07) is 1.58. The number of nitrogens with zero attached hydrogens (tertiary/aromatic N) is 2. The Morgan fingerprint density at radius 3 is 3.00 bits per heavy atom. The Balaban J connectivity index is 2.48. The molecule has 2 aromatic rings. The maximum atomic E-state index is 13.2. The molecule has 4 nitrogen and oxygen atoms in total. The lowest BCUT2D eigenvalue weighted by atomic mass is 10.3. The number of aryl methyl sites for hydroxylation is 1. The quantitative estimate of drug-likeness (QED) is 0.729. The lowest BCUT2D eigenvalue weighted by Gasteiger charge is -1.96. The highest BCUT2D eigenvalue weighted by molar-refractivity contribution is 5.87. The molecule has 16 heavy (non-hydrogen) atoms. The number of fused-ring (bicyclic) bond motifs is 1. The number of rotatable bonds is 2. The van der Waals surface area contributed by atoms with Crippen molar-refractivity contribution < 1.29 is 13.9 Å². The van der Waals surface area contributed by atoms with E-state index in [4.69, 9.17) is 4.74 Å². The topological polar surface area (TPSA) is 43.6 Å². The standard InChI is InChI=1S/C11H11FN2O2/c1-3-16-11(15)9-6-14-5-8(12)7(2)4-10(14)13-9/h4-6H,3H2,1-2H3. The van der Waals surface area contributed by atoms with Gasteiger partial charge in [0, 0.05) is 12.4 Å². The minimum absolute atomic E-state index is 0.187. The molecule has 0 radical (unpaired) electrons. The Bertz CT molecular complexity index is 509. The van der Waals surface area contributed by atoms with E-state index in [1.807, 2.05) is 0 Å². The number of halogens is 1. The van der Waals surface area contributed by atoms with E-state index in [1.165, 1.54) is 16.8 Å². The van der Waals surface area contributed by atoms with Gasteiger partial charge in [0.25, 0.3) is 0 Å². The Morgan fingerprint density at radius 1 is 1.56 bits per heavy atom. The zero-order valence-electron chi connectivity index (χ0n) is 9.03. The van der Waals surface area contributed by atoms with E-state index in [1.54, 1.807) is 19.9 Å². The summed E-state index contributed by atoms with van der Waals surface area (Å²) in [6.45, 7) is 3.66. The molecule has 0 aliphatic carbocycles. The average molecular weight is 222 g/mol. The van der Waals surface area contributed by atoms with Crippen LogP contribution in [0.3, 0.4) is 0 Å². The summed E-state index contributed by atoms with van der Waals surface area (Å²) in [5, 5.41) is 0. The van der Waals surface area contributed by atoms with Crippen LogP contribution in [0.1, 0.15) is 23.0 Å². The first-order valence-electron chi connectivity index (χ1n) is 4.93. The fraction of sp³-hybridized carbons (Fsp3) is 0.273. The van der Waals surface area contributed by atoms with Gasteiger partial charge in [0.1, 0.15) is 11.5 Å². The van der Waals surface area contributed by atoms with Gasteiger partial charge >= 0.3 is 5.97 Å². The molecule has 0 unspecified atom stereocenters. The number of hydrogen-bond donors (Lipinski definition) is 0. The van der Waals surface area contributed by atoms with Crippen LogP contribution in [0, 0.1) is 12.7 Å². The molecule has 0 N–H and O–H groups in total. The van der Waals surface area contributed by atoms with Gasteiger partial charge < -0.3 is 9.14 Å². The highest BCUT2D eigenvalue weighted by atomic mass is 19.1. The number of imidazole rings is 1. The van der Waals surface area contributed by atoms with E-state index < -0.39 is 5.97 Å². The molecule has 0 aliphatic rings. The Labute approximate surface area is 91.7 Å². The molecule has 0 fully saturated rings. The summed E-state index contributed by atoms with van der Waals surface area (Å²) in [5.74, 6) is -0.829. The van der Waals surface area contributed by atoms with E-state index in [0.717, 1.165) is 0 Å². The lowest BCUT2D eigenvalue weighted by molar-refractivity contribution is 0.0520. The average Bonchev–Trinajstić information content (AvgIpc) is 2.62. The number of carbonyl (C=O) groups is 1. The number of aromatic nitrogens is 2. The second-order valence-electron chi connectivity index (χ2n) is 3.42. The maximum Gasteiger partial charge on any atom is 0.358 e. The molecule has 0 saturated carbocycles. The third kappa shape index (κ3) is 1.76. The molecule has 0 spiro atoms. The number of pyridine rings is 1. The summed E-state index contributed by atoms with van der Waals surface area (Å²) in [7, 11) is 0. The van der Waals surface area contributed by atoms with Crippen molar-refractivity contribution in [2.45, 2.75) is 13.8 Å². The van der Waals surface area contributed by atoms with Gasteiger partial charge in [0.2, 0.25) is 0 Å². The van der Waals surface area contributed by atoms with Crippen LogP contribution in [0.15, 0.2) is 18.5 Å². The van der Waals surface area contributed by atoms with Crippen molar-refractivity contribution >= 4 is 11.6 Å². The molecular weight excluding hydrogens is 211 g/mol. The van der Waals surface area contributed by atoms with Gasteiger partial charge in [-0.2, -0.15) is 0 Å². The molecule has 84 valence electrons. The van der Waals surface area contributed by atoms with Crippen LogP contribution in [0.25, 0.3) is 5.65 Å². The van der Waals surface area contributed by atoms with Crippen molar-refractivity contribution in [2.75, 3.05) is 6.61 Å². The SMILES string of the molecule is CCOC(=O)c1cn2cc(F)c(C)cc2n1. The fourth-order valence-electron chi connectivity index (χ4n) is 1.41. The largest absolute Gasteiger partial charge is 0.461 e. The first-order chi connectivity index (χ1) is 7.61. The summed E-state index contributed by atoms with van der Waals surface area (Å²) in [5.41, 5.74) is 1.21. The van der Waals surface area contributed by atoms with Crippen molar-refractivity contribution in [3.63, 3.8) is 0 Å². The van der Waals surface area contributed by atoms with Crippen LogP contribution < -0.4 is 0 Å². The van der Waals surface area contributed by atoms with Crippen molar-refractivity contribution in [2.24, 2.45) is 0 Å². The zero-order valence-corrected chi connectivity index (χ0v) is 9.03. The monoisotopic (exact) mass is 222 g/mol. The van der Waals surface area contributed by atoms with Crippen LogP contribution in [-0.2, 0) is 4.74 Å². The molecule has 2 aromatic heterocycles. The maximum absolute atomic E-state index is 13.2. The van der Waals surface area contributed by atoms with Crippen molar-refractivity contribution in [3.05, 3.63) is 35.5 Å². The first-order valence-corrected chi connectivity index (χ1v) is 4.93. The highest BCUT2D eigenvalue weighted by Crippen LogP contribution is 2.12. The number of hydrogen-bond acceptors (Lipinski definition) is 3. The molecule has 0 aliphatic heterocycles. The number of esters is 1. The van der Waals surface area contributed by atoms with Crippen molar-refractivity contribution in [1.29, 1.82) is 0 Å². The van der Waals surface area contributed by atoms with E-state index >= 15 is 0 Å². The molecule has 0 aromatic carbocycles. The molecule has 0 saturated heterocycles. The van der Waals surface area contributed by atoms with Crippen LogP contribution in [0.5, 0.6) is 0 Å². The first kappa shape index (κ1) is 10.6. The van der Waals surface area contributed by atoms with E-state index in [2.05, 4.69) is 4.98 Å². The third-order valence-electron chi connectivity index (χ3n) is 2.22. The second kappa shape index (κ2) is 3.92. The minimum atomic E-state index is -0.496. The lowest BCUT2D eigenvalue weighted by Crippen LogP contribution is -2.04. The summed E-state index contributed by atoms with van der Waals surface area (Å²) in [4.78, 5) is 15.4. The molecule has 2 heterocycles. The Morgan fingerprint density at radius 2 is 2.31 bits per heavy atom. The van der Waals surface area contributed by atoms with Gasteiger partial charge in [-0.3, -0.25) is 0 Å². The summed E-state index contributed by atoms with van der Waals surface area (Å²) in [6.07, 6.45) is 2.75. The summed E-state index contributed by atoms with van der Waals surface area (Å²) < 4.78 is 19.5. The Hall–Kier alpha value is -1.91. The van der Waals surface area contributed by atoms with E-state index in [0.29, 0.717) is 17.8 Å². The van der Waals surface area contributed by atoms with Gasteiger partial charge in [-0.25, -0.2) is 14.2 Å². The van der Waals surface area contributed by atoms with Crippen LogP contribution in [-0.4, -0.2) is 22.0 Å². The fourth-order valence-corrected chi connectivity index (χ4v) is 1.41. The smallest absolute Gasteiger partial charge is 0.358 e. The predicted octanol–water partition coefficient (Wildman–Crippen LogP) is 1.96. The van der Waals surface area contributed by atoms with Gasteiger partial charge in [-0.1, -0.05) is 0 Å². The van der Waals surface area contributed by atoms with Crippen molar-refractivity contribution in [1.82, 2.24) is 9.38 Å².